The summed E-state index contributed by atoms with van der Waals surface area (Å²) in [6, 6.07) is 19.1. The average molecular weight is 478 g/mol. The topological polar surface area (TPSA) is 95.1 Å². The van der Waals surface area contributed by atoms with Crippen molar-refractivity contribution in [2.75, 3.05) is 31.1 Å². The van der Waals surface area contributed by atoms with Crippen molar-refractivity contribution >= 4 is 44.2 Å². The molecule has 0 atom stereocenters. The van der Waals surface area contributed by atoms with Gasteiger partial charge < -0.3 is 4.90 Å². The van der Waals surface area contributed by atoms with E-state index in [2.05, 4.69) is 0 Å². The fourth-order valence-corrected chi connectivity index (χ4v) is 5.87. The van der Waals surface area contributed by atoms with Crippen LogP contribution in [-0.2, 0) is 19.6 Å². The second-order valence-corrected chi connectivity index (χ2v) is 10.3. The first kappa shape index (κ1) is 22.2. The van der Waals surface area contributed by atoms with E-state index in [1.165, 1.54) is 4.31 Å². The van der Waals surface area contributed by atoms with Crippen LogP contribution in [0.4, 0.5) is 5.69 Å². The summed E-state index contributed by atoms with van der Waals surface area (Å²) >= 11 is 0. The second kappa shape index (κ2) is 8.66. The van der Waals surface area contributed by atoms with E-state index in [0.29, 0.717) is 11.3 Å². The monoisotopic (exact) mass is 477 g/mol. The van der Waals surface area contributed by atoms with Crippen molar-refractivity contribution in [1.29, 1.82) is 0 Å². The lowest BCUT2D eigenvalue weighted by Crippen LogP contribution is -2.50. The van der Waals surface area contributed by atoms with E-state index in [9.17, 15) is 22.8 Å². The van der Waals surface area contributed by atoms with Gasteiger partial charge in [0.1, 0.15) is 0 Å². The lowest BCUT2D eigenvalue weighted by molar-refractivity contribution is -0.121. The number of carbonyl (C=O) groups is 3. The van der Waals surface area contributed by atoms with Crippen molar-refractivity contribution in [3.63, 3.8) is 0 Å². The maximum Gasteiger partial charge on any atom is 0.253 e. The van der Waals surface area contributed by atoms with Crippen LogP contribution in [-0.4, -0.2) is 61.5 Å². The molecule has 2 saturated heterocycles. The van der Waals surface area contributed by atoms with Crippen LogP contribution < -0.4 is 4.90 Å². The molecule has 0 saturated carbocycles. The third-order valence-corrected chi connectivity index (χ3v) is 8.20. The predicted molar refractivity (Wildman–Crippen MR) is 127 cm³/mol. The molecule has 8 nitrogen and oxygen atoms in total. The van der Waals surface area contributed by atoms with E-state index in [1.807, 2.05) is 24.3 Å². The zero-order valence-electron chi connectivity index (χ0n) is 18.4. The van der Waals surface area contributed by atoms with Gasteiger partial charge in [-0.3, -0.25) is 19.3 Å². The highest BCUT2D eigenvalue weighted by atomic mass is 32.2. The van der Waals surface area contributed by atoms with E-state index >= 15 is 0 Å². The van der Waals surface area contributed by atoms with Crippen LogP contribution >= 0.6 is 0 Å². The molecule has 0 aliphatic carbocycles. The molecular formula is C25H23N3O5S. The van der Waals surface area contributed by atoms with Gasteiger partial charge >= 0.3 is 0 Å². The van der Waals surface area contributed by atoms with Gasteiger partial charge in [0, 0.05) is 44.6 Å². The summed E-state index contributed by atoms with van der Waals surface area (Å²) in [4.78, 5) is 39.8. The number of benzene rings is 3. The summed E-state index contributed by atoms with van der Waals surface area (Å²) < 4.78 is 27.7. The van der Waals surface area contributed by atoms with Crippen molar-refractivity contribution < 1.29 is 22.8 Å². The number of piperazine rings is 1. The fourth-order valence-electron chi connectivity index (χ4n) is 4.41. The Labute approximate surface area is 197 Å². The molecule has 2 aliphatic rings. The molecule has 2 heterocycles. The minimum atomic E-state index is -3.67. The molecule has 0 radical (unpaired) electrons. The number of amides is 3. The van der Waals surface area contributed by atoms with Crippen molar-refractivity contribution in [2.24, 2.45) is 0 Å². The van der Waals surface area contributed by atoms with Crippen molar-refractivity contribution in [3.05, 3.63) is 72.3 Å². The summed E-state index contributed by atoms with van der Waals surface area (Å²) in [6.07, 6.45) is 0.401. The Morgan fingerprint density at radius 3 is 2.00 bits per heavy atom. The van der Waals surface area contributed by atoms with Crippen molar-refractivity contribution in [1.82, 2.24) is 9.21 Å². The van der Waals surface area contributed by atoms with E-state index in [1.54, 1.807) is 47.4 Å². The molecule has 3 aromatic rings. The number of sulfonamides is 1. The average Bonchev–Trinajstić information content (AvgIpc) is 3.21. The minimum Gasteiger partial charge on any atom is -0.336 e. The number of hydrogen-bond donors (Lipinski definition) is 0. The molecule has 0 spiro atoms. The first-order valence-electron chi connectivity index (χ1n) is 11.1. The molecule has 2 aliphatic heterocycles. The number of carbonyl (C=O) groups excluding carboxylic acids is 3. The Morgan fingerprint density at radius 1 is 0.735 bits per heavy atom. The third-order valence-electron chi connectivity index (χ3n) is 6.31. The van der Waals surface area contributed by atoms with Crippen LogP contribution in [0.25, 0.3) is 10.8 Å². The Balaban J connectivity index is 1.26. The zero-order valence-corrected chi connectivity index (χ0v) is 19.2. The summed E-state index contributed by atoms with van der Waals surface area (Å²) in [5.41, 5.74) is 0.879. The number of hydrogen-bond acceptors (Lipinski definition) is 5. The van der Waals surface area contributed by atoms with E-state index < -0.39 is 10.0 Å². The molecule has 0 bridgehead atoms. The molecule has 174 valence electrons. The molecular weight excluding hydrogens is 454 g/mol. The smallest absolute Gasteiger partial charge is 0.253 e. The van der Waals surface area contributed by atoms with Crippen LogP contribution in [0.3, 0.4) is 0 Å². The molecule has 2 fully saturated rings. The van der Waals surface area contributed by atoms with Gasteiger partial charge in [-0.15, -0.1) is 0 Å². The first-order valence-corrected chi connectivity index (χ1v) is 12.5. The highest BCUT2D eigenvalue weighted by Crippen LogP contribution is 2.25. The lowest BCUT2D eigenvalue weighted by atomic mass is 10.1. The Hall–Kier alpha value is -3.56. The SMILES string of the molecule is O=C(c1ccc(N2C(=O)CCC2=O)cc1)N1CCN(S(=O)(=O)c2ccc3ccccc3c2)CC1. The quantitative estimate of drug-likeness (QED) is 0.539. The second-order valence-electron chi connectivity index (χ2n) is 8.38. The van der Waals surface area contributed by atoms with Gasteiger partial charge in [0.2, 0.25) is 21.8 Å². The summed E-state index contributed by atoms with van der Waals surface area (Å²) in [5.74, 6) is -0.700. The van der Waals surface area contributed by atoms with E-state index in [0.717, 1.165) is 15.7 Å². The Morgan fingerprint density at radius 2 is 1.35 bits per heavy atom. The van der Waals surface area contributed by atoms with Gasteiger partial charge in [0.15, 0.2) is 0 Å². The standard InChI is InChI=1S/C25H23N3O5S/c29-23-11-12-24(30)28(23)21-8-5-19(6-9-21)25(31)26-13-15-27(16-14-26)34(32,33)22-10-7-18-3-1-2-4-20(18)17-22/h1-10,17H,11-16H2. The maximum absolute atomic E-state index is 13.2. The van der Waals surface area contributed by atoms with Gasteiger partial charge in [0.25, 0.3) is 5.91 Å². The van der Waals surface area contributed by atoms with Crippen LogP contribution in [0.2, 0.25) is 0 Å². The number of fused-ring (bicyclic) bond motifs is 1. The molecule has 0 aromatic heterocycles. The highest BCUT2D eigenvalue weighted by Gasteiger charge is 2.32. The normalized spacial score (nSPS) is 17.5. The summed E-state index contributed by atoms with van der Waals surface area (Å²) in [6.45, 7) is 0.957. The van der Waals surface area contributed by atoms with Gasteiger partial charge in [-0.1, -0.05) is 30.3 Å². The molecule has 3 aromatic carbocycles. The number of imide groups is 1. The number of anilines is 1. The van der Waals surface area contributed by atoms with Gasteiger partial charge in [-0.25, -0.2) is 8.42 Å². The summed E-state index contributed by atoms with van der Waals surface area (Å²) in [7, 11) is -3.67. The molecule has 5 rings (SSSR count). The molecule has 9 heteroatoms. The van der Waals surface area contributed by atoms with Crippen molar-refractivity contribution in [3.8, 4) is 0 Å². The maximum atomic E-state index is 13.2. The van der Waals surface area contributed by atoms with Gasteiger partial charge in [0.05, 0.1) is 10.6 Å². The van der Waals surface area contributed by atoms with E-state index in [4.69, 9.17) is 0 Å². The van der Waals surface area contributed by atoms with Crippen LogP contribution in [0.15, 0.2) is 71.6 Å². The Kier molecular flexibility index (Phi) is 5.66. The zero-order chi connectivity index (χ0) is 23.9. The number of nitrogens with zero attached hydrogens (tertiary/aromatic N) is 3. The largest absolute Gasteiger partial charge is 0.336 e. The molecule has 0 N–H and O–H groups in total. The van der Waals surface area contributed by atoms with Crippen LogP contribution in [0, 0.1) is 0 Å². The highest BCUT2D eigenvalue weighted by molar-refractivity contribution is 7.89. The minimum absolute atomic E-state index is 0.200. The third kappa shape index (κ3) is 3.97. The number of rotatable bonds is 4. The molecule has 0 unspecified atom stereocenters. The van der Waals surface area contributed by atoms with Crippen LogP contribution in [0.1, 0.15) is 23.2 Å². The lowest BCUT2D eigenvalue weighted by Gasteiger charge is -2.34. The fraction of sp³-hybridized carbons (Fsp3) is 0.240. The molecule has 34 heavy (non-hydrogen) atoms. The van der Waals surface area contributed by atoms with Gasteiger partial charge in [-0.2, -0.15) is 4.31 Å². The van der Waals surface area contributed by atoms with E-state index in [-0.39, 0.29) is 61.6 Å². The Bertz CT molecular complexity index is 1380. The van der Waals surface area contributed by atoms with Crippen molar-refractivity contribution in [2.45, 2.75) is 17.7 Å². The molecule has 3 amide bonds. The van der Waals surface area contributed by atoms with Crippen LogP contribution in [0.5, 0.6) is 0 Å². The summed E-state index contributed by atoms with van der Waals surface area (Å²) in [5, 5.41) is 1.83. The first-order chi connectivity index (χ1) is 16.3. The van der Waals surface area contributed by atoms with Gasteiger partial charge in [-0.05, 0) is 47.2 Å². The predicted octanol–water partition coefficient (Wildman–Crippen LogP) is 2.64.